The lowest BCUT2D eigenvalue weighted by atomic mass is 10.0. The van der Waals surface area contributed by atoms with E-state index in [4.69, 9.17) is 9.84 Å². The molecule has 2 N–H and O–H groups in total. The molecule has 1 aromatic heterocycles. The van der Waals surface area contributed by atoms with Crippen molar-refractivity contribution in [1.82, 2.24) is 15.1 Å². The molecule has 2 rings (SSSR count). The Bertz CT molecular complexity index is 359. The molecule has 5 heteroatoms. The van der Waals surface area contributed by atoms with Crippen molar-refractivity contribution in [2.75, 3.05) is 32.9 Å². The second-order valence-electron chi connectivity index (χ2n) is 4.88. The zero-order valence-electron chi connectivity index (χ0n) is 11.3. The van der Waals surface area contributed by atoms with E-state index in [1.54, 1.807) is 0 Å². The smallest absolute Gasteiger partial charge is 0.0698 e. The first-order valence-electron chi connectivity index (χ1n) is 6.68. The van der Waals surface area contributed by atoms with E-state index in [1.165, 1.54) is 24.1 Å². The lowest BCUT2D eigenvalue weighted by Gasteiger charge is -2.24. The number of aryl methyl sites for hydroxylation is 2. The van der Waals surface area contributed by atoms with Crippen LogP contribution >= 0.6 is 0 Å². The predicted octanol–water partition coefficient (Wildman–Crippen LogP) is 1.17. The second kappa shape index (κ2) is 6.31. The molecule has 0 spiro atoms. The summed E-state index contributed by atoms with van der Waals surface area (Å²) >= 11 is 0. The molecule has 0 amide bonds. The number of H-pyrrole nitrogens is 1. The van der Waals surface area contributed by atoms with Crippen LogP contribution in [0.1, 0.15) is 35.8 Å². The monoisotopic (exact) mass is 253 g/mol. The maximum atomic E-state index is 8.68. The number of hydrogen-bond acceptors (Lipinski definition) is 4. The van der Waals surface area contributed by atoms with Gasteiger partial charge in [-0.05, 0) is 33.2 Å². The number of aliphatic hydroxyl groups excluding tert-OH is 1. The lowest BCUT2D eigenvalue weighted by molar-refractivity contribution is 0.0708. The van der Waals surface area contributed by atoms with Gasteiger partial charge in [0.1, 0.15) is 0 Å². The Labute approximate surface area is 108 Å². The molecule has 0 bridgehead atoms. The summed E-state index contributed by atoms with van der Waals surface area (Å²) in [5.41, 5.74) is 3.65. The molecule has 18 heavy (non-hydrogen) atoms. The third kappa shape index (κ3) is 2.91. The molecule has 0 radical (unpaired) electrons. The third-order valence-corrected chi connectivity index (χ3v) is 3.64. The number of rotatable bonds is 6. The van der Waals surface area contributed by atoms with Gasteiger partial charge in [0.05, 0.1) is 25.5 Å². The lowest BCUT2D eigenvalue weighted by Crippen LogP contribution is -2.28. The Kier molecular flexibility index (Phi) is 4.74. The highest BCUT2D eigenvalue weighted by Crippen LogP contribution is 2.34. The number of hydrogen-bond donors (Lipinski definition) is 2. The fourth-order valence-corrected chi connectivity index (χ4v) is 2.82. The Morgan fingerprint density at radius 2 is 2.28 bits per heavy atom. The average molecular weight is 253 g/mol. The molecule has 5 nitrogen and oxygen atoms in total. The van der Waals surface area contributed by atoms with Gasteiger partial charge >= 0.3 is 0 Å². The van der Waals surface area contributed by atoms with Gasteiger partial charge < -0.3 is 9.84 Å². The fraction of sp³-hybridized carbons (Fsp3) is 0.769. The van der Waals surface area contributed by atoms with Crippen molar-refractivity contribution in [3.8, 4) is 0 Å². The topological polar surface area (TPSA) is 61.4 Å². The first kappa shape index (κ1) is 13.5. The van der Waals surface area contributed by atoms with Crippen molar-refractivity contribution < 1.29 is 9.84 Å². The molecule has 0 aliphatic carbocycles. The van der Waals surface area contributed by atoms with Gasteiger partial charge in [-0.15, -0.1) is 0 Å². The predicted molar refractivity (Wildman–Crippen MR) is 69.5 cm³/mol. The Morgan fingerprint density at radius 3 is 2.94 bits per heavy atom. The molecule has 2 heterocycles. The van der Waals surface area contributed by atoms with Crippen LogP contribution < -0.4 is 0 Å². The van der Waals surface area contributed by atoms with Crippen LogP contribution in [0.25, 0.3) is 0 Å². The molecule has 1 unspecified atom stereocenters. The summed E-state index contributed by atoms with van der Waals surface area (Å²) in [5.74, 6) is 0. The minimum absolute atomic E-state index is 0.101. The van der Waals surface area contributed by atoms with Crippen molar-refractivity contribution in [2.45, 2.75) is 32.7 Å². The number of aliphatic hydroxyl groups is 1. The number of aromatic amines is 1. The number of nitrogens with one attached hydrogen (secondary N) is 1. The van der Waals surface area contributed by atoms with Crippen molar-refractivity contribution in [3.05, 3.63) is 17.0 Å². The summed E-state index contributed by atoms with van der Waals surface area (Å²) < 4.78 is 5.36. The van der Waals surface area contributed by atoms with Gasteiger partial charge in [0, 0.05) is 23.8 Å². The zero-order valence-corrected chi connectivity index (χ0v) is 11.3. The molecule has 1 saturated heterocycles. The Hall–Kier alpha value is -0.910. The second-order valence-corrected chi connectivity index (χ2v) is 4.88. The highest BCUT2D eigenvalue weighted by molar-refractivity contribution is 5.28. The van der Waals surface area contributed by atoms with E-state index in [-0.39, 0.29) is 6.61 Å². The minimum atomic E-state index is 0.101. The molecule has 1 atom stereocenters. The van der Waals surface area contributed by atoms with Gasteiger partial charge in [-0.1, -0.05) is 0 Å². The van der Waals surface area contributed by atoms with Crippen LogP contribution in [0.15, 0.2) is 0 Å². The van der Waals surface area contributed by atoms with E-state index < -0.39 is 0 Å². The van der Waals surface area contributed by atoms with Gasteiger partial charge in [0.15, 0.2) is 0 Å². The van der Waals surface area contributed by atoms with E-state index in [9.17, 15) is 0 Å². The van der Waals surface area contributed by atoms with Gasteiger partial charge in [-0.3, -0.25) is 10.00 Å². The molecule has 1 aromatic rings. The largest absolute Gasteiger partial charge is 0.394 e. The van der Waals surface area contributed by atoms with Crippen molar-refractivity contribution in [3.63, 3.8) is 0 Å². The molecule has 102 valence electrons. The number of nitrogens with zero attached hydrogens (tertiary/aromatic N) is 2. The summed E-state index contributed by atoms with van der Waals surface area (Å²) in [4.78, 5) is 2.46. The van der Waals surface area contributed by atoms with Gasteiger partial charge in [0.2, 0.25) is 0 Å². The number of likely N-dealkylation sites (tertiary alicyclic amines) is 1. The highest BCUT2D eigenvalue weighted by atomic mass is 16.5. The molecular formula is C13H23N3O2. The van der Waals surface area contributed by atoms with Gasteiger partial charge in [-0.25, -0.2) is 0 Å². The van der Waals surface area contributed by atoms with Crippen LogP contribution in [0.4, 0.5) is 0 Å². The first-order valence-corrected chi connectivity index (χ1v) is 6.68. The van der Waals surface area contributed by atoms with E-state index in [2.05, 4.69) is 28.9 Å². The van der Waals surface area contributed by atoms with Crippen LogP contribution in [-0.2, 0) is 4.74 Å². The molecule has 1 aliphatic heterocycles. The normalized spacial score (nSPS) is 20.7. The van der Waals surface area contributed by atoms with Crippen LogP contribution in [0.2, 0.25) is 0 Å². The quantitative estimate of drug-likeness (QED) is 0.747. The molecular weight excluding hydrogens is 230 g/mol. The molecule has 1 aliphatic rings. The molecule has 0 aromatic carbocycles. The van der Waals surface area contributed by atoms with Crippen LogP contribution in [-0.4, -0.2) is 53.1 Å². The Balaban J connectivity index is 1.95. The first-order chi connectivity index (χ1) is 8.74. The van der Waals surface area contributed by atoms with Crippen LogP contribution in [0, 0.1) is 13.8 Å². The average Bonchev–Trinajstić information content (AvgIpc) is 2.92. The van der Waals surface area contributed by atoms with E-state index >= 15 is 0 Å². The Morgan fingerprint density at radius 1 is 1.44 bits per heavy atom. The maximum absolute atomic E-state index is 8.68. The van der Waals surface area contributed by atoms with E-state index in [0.717, 1.165) is 18.8 Å². The van der Waals surface area contributed by atoms with Crippen molar-refractivity contribution >= 4 is 0 Å². The standard InChI is InChI=1S/C13H23N3O2/c1-10-13(11(2)15-14-10)12-4-3-5-16(12)6-8-18-9-7-17/h12,17H,3-9H2,1-2H3,(H,14,15). The van der Waals surface area contributed by atoms with Crippen molar-refractivity contribution in [1.29, 1.82) is 0 Å². The summed E-state index contributed by atoms with van der Waals surface area (Å²) in [5, 5.41) is 16.0. The van der Waals surface area contributed by atoms with Gasteiger partial charge in [0.25, 0.3) is 0 Å². The van der Waals surface area contributed by atoms with Gasteiger partial charge in [-0.2, -0.15) is 5.10 Å². The molecule has 1 fully saturated rings. The van der Waals surface area contributed by atoms with Crippen molar-refractivity contribution in [2.24, 2.45) is 0 Å². The molecule has 0 saturated carbocycles. The minimum Gasteiger partial charge on any atom is -0.394 e. The maximum Gasteiger partial charge on any atom is 0.0698 e. The summed E-state index contributed by atoms with van der Waals surface area (Å²) in [6, 6.07) is 0.474. The van der Waals surface area contributed by atoms with E-state index in [0.29, 0.717) is 19.3 Å². The van der Waals surface area contributed by atoms with Crippen LogP contribution in [0.5, 0.6) is 0 Å². The van der Waals surface area contributed by atoms with E-state index in [1.807, 2.05) is 0 Å². The highest BCUT2D eigenvalue weighted by Gasteiger charge is 2.29. The number of ether oxygens (including phenoxy) is 1. The summed E-state index contributed by atoms with van der Waals surface area (Å²) in [6.07, 6.45) is 2.43. The summed E-state index contributed by atoms with van der Waals surface area (Å²) in [7, 11) is 0. The SMILES string of the molecule is Cc1n[nH]c(C)c1C1CCCN1CCOCCO. The third-order valence-electron chi connectivity index (χ3n) is 3.64. The van der Waals surface area contributed by atoms with Crippen LogP contribution in [0.3, 0.4) is 0 Å². The zero-order chi connectivity index (χ0) is 13.0. The summed E-state index contributed by atoms with van der Waals surface area (Å²) in [6.45, 7) is 7.43. The fourth-order valence-electron chi connectivity index (χ4n) is 2.82. The number of aromatic nitrogens is 2.